The summed E-state index contributed by atoms with van der Waals surface area (Å²) < 4.78 is 0. The van der Waals surface area contributed by atoms with Crippen LogP contribution in [0.5, 0.6) is 0 Å². The van der Waals surface area contributed by atoms with Crippen molar-refractivity contribution >= 4 is 23.0 Å². The average molecular weight is 237 g/mol. The summed E-state index contributed by atoms with van der Waals surface area (Å²) in [6.45, 7) is 1.11. The van der Waals surface area contributed by atoms with E-state index in [0.717, 1.165) is 11.6 Å². The maximum atomic E-state index is 6.06. The summed E-state index contributed by atoms with van der Waals surface area (Å²) in [6, 6.07) is 6.12. The van der Waals surface area contributed by atoms with Gasteiger partial charge in [0.1, 0.15) is 0 Å². The molecule has 1 aromatic carbocycles. The molecule has 0 atom stereocenters. The highest BCUT2D eigenvalue weighted by Gasteiger charge is 2.38. The number of anilines is 2. The van der Waals surface area contributed by atoms with E-state index in [1.165, 1.54) is 37.1 Å². The Hall–Kier alpha value is -0.890. The zero-order chi connectivity index (χ0) is 11.2. The van der Waals surface area contributed by atoms with E-state index in [4.69, 9.17) is 11.6 Å². The second kappa shape index (κ2) is 3.56. The molecule has 0 aromatic heterocycles. The Morgan fingerprint density at radius 3 is 2.81 bits per heavy atom. The fourth-order valence-corrected chi connectivity index (χ4v) is 3.31. The van der Waals surface area contributed by atoms with Crippen molar-refractivity contribution in [1.82, 2.24) is 0 Å². The first-order valence-corrected chi connectivity index (χ1v) is 6.35. The van der Waals surface area contributed by atoms with E-state index in [9.17, 15) is 0 Å². The Kier molecular flexibility index (Phi) is 2.28. The average Bonchev–Trinajstić information content (AvgIpc) is 2.65. The van der Waals surface area contributed by atoms with Crippen molar-refractivity contribution in [2.24, 2.45) is 0 Å². The first kappa shape index (κ1) is 10.3. The Bertz CT molecular complexity index is 410. The third kappa shape index (κ3) is 1.56. The van der Waals surface area contributed by atoms with Gasteiger partial charge in [0.15, 0.2) is 0 Å². The molecule has 3 heteroatoms. The highest BCUT2D eigenvalue weighted by molar-refractivity contribution is 6.31. The van der Waals surface area contributed by atoms with Gasteiger partial charge in [0.2, 0.25) is 0 Å². The molecular weight excluding hydrogens is 220 g/mol. The number of halogens is 1. The Labute approximate surface area is 102 Å². The van der Waals surface area contributed by atoms with Gasteiger partial charge in [-0.3, -0.25) is 0 Å². The lowest BCUT2D eigenvalue weighted by Crippen LogP contribution is -2.49. The van der Waals surface area contributed by atoms with E-state index in [1.807, 2.05) is 12.1 Å². The normalized spacial score (nSPS) is 22.0. The quantitative estimate of drug-likeness (QED) is 0.742. The van der Waals surface area contributed by atoms with Gasteiger partial charge in [0.25, 0.3) is 0 Å². The van der Waals surface area contributed by atoms with Crippen LogP contribution in [-0.2, 0) is 0 Å². The summed E-state index contributed by atoms with van der Waals surface area (Å²) in [5, 5.41) is 4.53. The van der Waals surface area contributed by atoms with Gasteiger partial charge in [-0.2, -0.15) is 0 Å². The number of hydrogen-bond acceptors (Lipinski definition) is 2. The second-order valence-corrected chi connectivity index (χ2v) is 5.57. The molecule has 1 heterocycles. The summed E-state index contributed by atoms with van der Waals surface area (Å²) in [6.07, 6.45) is 5.25. The molecule has 3 rings (SSSR count). The molecule has 0 amide bonds. The van der Waals surface area contributed by atoms with E-state index in [1.54, 1.807) is 0 Å². The molecule has 1 N–H and O–H groups in total. The maximum Gasteiger partial charge on any atom is 0.0601 e. The lowest BCUT2D eigenvalue weighted by molar-refractivity contribution is 0.472. The molecule has 1 aliphatic heterocycles. The summed E-state index contributed by atoms with van der Waals surface area (Å²) in [4.78, 5) is 2.35. The second-order valence-electron chi connectivity index (χ2n) is 5.13. The summed E-state index contributed by atoms with van der Waals surface area (Å²) >= 11 is 6.06. The molecule has 86 valence electrons. The largest absolute Gasteiger partial charge is 0.376 e. The van der Waals surface area contributed by atoms with E-state index in [0.29, 0.717) is 5.54 Å². The molecule has 0 radical (unpaired) electrons. The fraction of sp³-hybridized carbons (Fsp3) is 0.538. The van der Waals surface area contributed by atoms with Crippen molar-refractivity contribution in [2.45, 2.75) is 31.2 Å². The van der Waals surface area contributed by atoms with Gasteiger partial charge >= 0.3 is 0 Å². The van der Waals surface area contributed by atoms with Crippen molar-refractivity contribution in [2.75, 3.05) is 23.8 Å². The number of likely N-dealkylation sites (N-methyl/N-ethyl adjacent to an activating group) is 1. The lowest BCUT2D eigenvalue weighted by Gasteiger charge is -2.42. The maximum absolute atomic E-state index is 6.06. The van der Waals surface area contributed by atoms with Crippen LogP contribution >= 0.6 is 11.6 Å². The Balaban J connectivity index is 2.00. The molecule has 1 aliphatic carbocycles. The third-order valence-corrected chi connectivity index (χ3v) is 4.11. The van der Waals surface area contributed by atoms with E-state index in [-0.39, 0.29) is 0 Å². The third-order valence-electron chi connectivity index (χ3n) is 3.87. The monoisotopic (exact) mass is 236 g/mol. The van der Waals surface area contributed by atoms with Crippen LogP contribution in [0.25, 0.3) is 0 Å². The zero-order valence-electron chi connectivity index (χ0n) is 9.59. The molecule has 1 spiro atoms. The predicted molar refractivity (Wildman–Crippen MR) is 69.5 cm³/mol. The number of hydrogen-bond donors (Lipinski definition) is 1. The Morgan fingerprint density at radius 2 is 2.06 bits per heavy atom. The highest BCUT2D eigenvalue weighted by atomic mass is 35.5. The van der Waals surface area contributed by atoms with Crippen LogP contribution < -0.4 is 10.2 Å². The number of rotatable bonds is 0. The molecule has 1 aromatic rings. The minimum absolute atomic E-state index is 0.298. The summed E-state index contributed by atoms with van der Waals surface area (Å²) in [5.74, 6) is 0. The summed E-state index contributed by atoms with van der Waals surface area (Å²) in [7, 11) is 2.17. The van der Waals surface area contributed by atoms with E-state index in [2.05, 4.69) is 23.3 Å². The molecule has 16 heavy (non-hydrogen) atoms. The number of nitrogens with one attached hydrogen (secondary N) is 1. The van der Waals surface area contributed by atoms with Crippen molar-refractivity contribution in [3.63, 3.8) is 0 Å². The highest BCUT2D eigenvalue weighted by Crippen LogP contribution is 2.42. The van der Waals surface area contributed by atoms with Gasteiger partial charge in [0.05, 0.1) is 16.9 Å². The molecule has 0 bridgehead atoms. The molecule has 0 unspecified atom stereocenters. The topological polar surface area (TPSA) is 15.3 Å². The van der Waals surface area contributed by atoms with Crippen LogP contribution in [0.3, 0.4) is 0 Å². The molecule has 1 saturated carbocycles. The predicted octanol–water partition coefficient (Wildman–Crippen LogP) is 3.51. The van der Waals surface area contributed by atoms with Crippen LogP contribution in [0, 0.1) is 0 Å². The minimum Gasteiger partial charge on any atom is -0.376 e. The summed E-state index contributed by atoms with van der Waals surface area (Å²) in [5.41, 5.74) is 2.76. The van der Waals surface area contributed by atoms with Crippen LogP contribution in [0.4, 0.5) is 11.4 Å². The molecule has 1 fully saturated rings. The van der Waals surface area contributed by atoms with Crippen molar-refractivity contribution in [3.8, 4) is 0 Å². The number of fused-ring (bicyclic) bond motifs is 1. The van der Waals surface area contributed by atoms with Gasteiger partial charge in [-0.1, -0.05) is 24.4 Å². The van der Waals surface area contributed by atoms with Crippen molar-refractivity contribution in [1.29, 1.82) is 0 Å². The standard InChI is InChI=1S/C13H17ClN2/c1-16-9-13(6-2-3-7-13)15-11-8-10(14)4-5-12(11)16/h4-5,8,15H,2-3,6-7,9H2,1H3. The zero-order valence-corrected chi connectivity index (χ0v) is 10.3. The first-order valence-electron chi connectivity index (χ1n) is 5.97. The molecular formula is C13H17ClN2. The van der Waals surface area contributed by atoms with Gasteiger partial charge in [-0.05, 0) is 31.0 Å². The molecule has 2 nitrogen and oxygen atoms in total. The smallest absolute Gasteiger partial charge is 0.0601 e. The van der Waals surface area contributed by atoms with E-state index < -0.39 is 0 Å². The van der Waals surface area contributed by atoms with Crippen LogP contribution in [-0.4, -0.2) is 19.1 Å². The van der Waals surface area contributed by atoms with Crippen molar-refractivity contribution < 1.29 is 0 Å². The van der Waals surface area contributed by atoms with Crippen molar-refractivity contribution in [3.05, 3.63) is 23.2 Å². The van der Waals surface area contributed by atoms with Crippen LogP contribution in [0.2, 0.25) is 5.02 Å². The minimum atomic E-state index is 0.298. The Morgan fingerprint density at radius 1 is 1.31 bits per heavy atom. The number of benzene rings is 1. The molecule has 0 saturated heterocycles. The first-order chi connectivity index (χ1) is 7.69. The van der Waals surface area contributed by atoms with E-state index >= 15 is 0 Å². The fourth-order valence-electron chi connectivity index (χ4n) is 3.14. The SMILES string of the molecule is CN1CC2(CCCC2)Nc2cc(Cl)ccc21. The van der Waals surface area contributed by atoms with Crippen LogP contribution in [0.1, 0.15) is 25.7 Å². The van der Waals surface area contributed by atoms with Gasteiger partial charge in [-0.25, -0.2) is 0 Å². The van der Waals surface area contributed by atoms with Gasteiger partial charge in [-0.15, -0.1) is 0 Å². The number of nitrogens with zero attached hydrogens (tertiary/aromatic N) is 1. The van der Waals surface area contributed by atoms with Crippen LogP contribution in [0.15, 0.2) is 18.2 Å². The lowest BCUT2D eigenvalue weighted by atomic mass is 9.93. The molecule has 2 aliphatic rings. The van der Waals surface area contributed by atoms with Gasteiger partial charge < -0.3 is 10.2 Å². The van der Waals surface area contributed by atoms with Gasteiger partial charge in [0, 0.05) is 18.6 Å².